The van der Waals surface area contributed by atoms with Gasteiger partial charge in [-0.25, -0.2) is 4.98 Å². The number of hydrogen-bond acceptors (Lipinski definition) is 4. The number of halogens is 3. The minimum Gasteiger partial charge on any atom is -0.322 e. The molecule has 0 saturated carbocycles. The Hall–Kier alpha value is -3.98. The summed E-state index contributed by atoms with van der Waals surface area (Å²) in [4.78, 5) is 32.1. The quantitative estimate of drug-likeness (QED) is 0.325. The van der Waals surface area contributed by atoms with Crippen LogP contribution in [0.4, 0.5) is 24.5 Å². The van der Waals surface area contributed by atoms with E-state index in [9.17, 15) is 22.8 Å². The van der Waals surface area contributed by atoms with Gasteiger partial charge in [0.25, 0.3) is 5.91 Å². The minimum atomic E-state index is -4.43. The van der Waals surface area contributed by atoms with Gasteiger partial charge in [-0.3, -0.25) is 9.59 Å². The van der Waals surface area contributed by atoms with Crippen LogP contribution in [0.5, 0.6) is 0 Å². The van der Waals surface area contributed by atoms with E-state index < -0.39 is 11.7 Å². The molecule has 1 aromatic heterocycles. The topological polar surface area (TPSA) is 62.3 Å². The number of fused-ring (bicyclic) bond motifs is 1. The van der Waals surface area contributed by atoms with Crippen molar-refractivity contribution in [3.63, 3.8) is 0 Å². The van der Waals surface area contributed by atoms with Crippen molar-refractivity contribution < 1.29 is 22.8 Å². The number of carbonyl (C=O) groups is 2. The third kappa shape index (κ3) is 5.27. The van der Waals surface area contributed by atoms with E-state index in [0.29, 0.717) is 35.3 Å². The van der Waals surface area contributed by atoms with E-state index >= 15 is 0 Å². The van der Waals surface area contributed by atoms with Gasteiger partial charge in [0.1, 0.15) is 0 Å². The maximum Gasteiger partial charge on any atom is 0.416 e. The predicted molar refractivity (Wildman–Crippen MR) is 138 cm³/mol. The van der Waals surface area contributed by atoms with Crippen LogP contribution in [-0.2, 0) is 23.8 Å². The van der Waals surface area contributed by atoms with Crippen molar-refractivity contribution in [2.75, 3.05) is 16.8 Å². The van der Waals surface area contributed by atoms with Crippen LogP contribution >= 0.6 is 11.3 Å². The van der Waals surface area contributed by atoms with E-state index in [1.807, 2.05) is 24.4 Å². The van der Waals surface area contributed by atoms with E-state index in [1.165, 1.54) is 23.5 Å². The van der Waals surface area contributed by atoms with Gasteiger partial charge in [-0.1, -0.05) is 30.3 Å². The number of aromatic nitrogens is 1. The number of thiazole rings is 1. The van der Waals surface area contributed by atoms with Crippen LogP contribution in [0, 0.1) is 6.92 Å². The molecular weight excluding hydrogens is 499 g/mol. The highest BCUT2D eigenvalue weighted by atomic mass is 32.1. The largest absolute Gasteiger partial charge is 0.416 e. The molecule has 0 atom stereocenters. The van der Waals surface area contributed by atoms with E-state index in [1.54, 1.807) is 35.2 Å². The number of amides is 2. The van der Waals surface area contributed by atoms with Crippen LogP contribution < -0.4 is 10.2 Å². The molecule has 1 N–H and O–H groups in total. The van der Waals surface area contributed by atoms with Gasteiger partial charge < -0.3 is 10.2 Å². The van der Waals surface area contributed by atoms with Gasteiger partial charge in [-0.05, 0) is 66.4 Å². The predicted octanol–water partition coefficient (Wildman–Crippen LogP) is 6.52. The van der Waals surface area contributed by atoms with Gasteiger partial charge >= 0.3 is 6.18 Å². The highest BCUT2D eigenvalue weighted by Gasteiger charge is 2.30. The highest BCUT2D eigenvalue weighted by Crippen LogP contribution is 2.33. The molecule has 2 heterocycles. The number of carbonyl (C=O) groups excluding carboxylic acids is 2. The first-order valence-electron chi connectivity index (χ1n) is 11.6. The molecule has 5 rings (SSSR count). The molecule has 0 saturated heterocycles. The summed E-state index contributed by atoms with van der Waals surface area (Å²) >= 11 is 1.51. The summed E-state index contributed by atoms with van der Waals surface area (Å²) < 4.78 is 38.8. The van der Waals surface area contributed by atoms with Crippen molar-refractivity contribution in [3.8, 4) is 11.1 Å². The molecule has 37 heavy (non-hydrogen) atoms. The van der Waals surface area contributed by atoms with Crippen LogP contribution in [0.1, 0.15) is 32.2 Å². The number of hydrogen-bond donors (Lipinski definition) is 1. The summed E-state index contributed by atoms with van der Waals surface area (Å²) in [6.07, 6.45) is -3.52. The van der Waals surface area contributed by atoms with E-state index in [-0.39, 0.29) is 18.2 Å². The lowest BCUT2D eigenvalue weighted by atomic mass is 9.98. The Kier molecular flexibility index (Phi) is 6.55. The van der Waals surface area contributed by atoms with Crippen LogP contribution in [0.2, 0.25) is 0 Å². The van der Waals surface area contributed by atoms with Crippen LogP contribution in [0.3, 0.4) is 0 Å². The second-order valence-corrected chi connectivity index (χ2v) is 9.81. The SMILES string of the molecule is Cc1nc(CC(=O)N2CCc3cc(NC(=O)c4ccccc4-c4ccc(C(F)(F)F)cc4)ccc32)cs1. The van der Waals surface area contributed by atoms with Crippen molar-refractivity contribution in [2.24, 2.45) is 0 Å². The smallest absolute Gasteiger partial charge is 0.322 e. The zero-order valence-corrected chi connectivity index (χ0v) is 20.6. The summed E-state index contributed by atoms with van der Waals surface area (Å²) in [5.41, 5.74) is 3.76. The van der Waals surface area contributed by atoms with Crippen molar-refractivity contribution >= 4 is 34.5 Å². The Balaban J connectivity index is 1.32. The first-order chi connectivity index (χ1) is 17.7. The first-order valence-corrected chi connectivity index (χ1v) is 12.5. The molecule has 0 unspecified atom stereocenters. The lowest BCUT2D eigenvalue weighted by molar-refractivity contribution is -0.137. The molecule has 0 fully saturated rings. The average Bonchev–Trinajstić information content (AvgIpc) is 3.49. The van der Waals surface area contributed by atoms with Crippen LogP contribution in [-0.4, -0.2) is 23.3 Å². The molecule has 5 nitrogen and oxygen atoms in total. The summed E-state index contributed by atoms with van der Waals surface area (Å²) in [6.45, 7) is 2.47. The maximum absolute atomic E-state index is 13.2. The summed E-state index contributed by atoms with van der Waals surface area (Å²) in [6, 6.07) is 16.9. The van der Waals surface area contributed by atoms with Crippen LogP contribution in [0.15, 0.2) is 72.1 Å². The number of benzene rings is 3. The molecule has 0 radical (unpaired) electrons. The summed E-state index contributed by atoms with van der Waals surface area (Å²) in [7, 11) is 0. The van der Waals surface area contributed by atoms with Gasteiger partial charge in [-0.2, -0.15) is 13.2 Å². The third-order valence-electron chi connectivity index (χ3n) is 6.23. The van der Waals surface area contributed by atoms with Crippen molar-refractivity contribution in [1.29, 1.82) is 0 Å². The Morgan fingerprint density at radius 2 is 1.81 bits per heavy atom. The number of nitrogens with one attached hydrogen (secondary N) is 1. The Morgan fingerprint density at radius 3 is 2.51 bits per heavy atom. The second-order valence-electron chi connectivity index (χ2n) is 8.75. The molecule has 0 aliphatic carbocycles. The van der Waals surface area contributed by atoms with Gasteiger partial charge in [0.2, 0.25) is 5.91 Å². The fourth-order valence-electron chi connectivity index (χ4n) is 4.45. The standard InChI is InChI=1S/C28H22F3N3O2S/c1-17-32-22(16-37-17)15-26(35)34-13-12-19-14-21(10-11-25(19)34)33-27(36)24-5-3-2-4-23(24)18-6-8-20(9-7-18)28(29,30)31/h2-11,14,16H,12-13,15H2,1H3,(H,33,36). The second kappa shape index (κ2) is 9.82. The lowest BCUT2D eigenvalue weighted by Gasteiger charge is -2.17. The van der Waals surface area contributed by atoms with Gasteiger partial charge in [0, 0.05) is 28.9 Å². The third-order valence-corrected chi connectivity index (χ3v) is 7.05. The monoisotopic (exact) mass is 521 g/mol. The number of anilines is 2. The van der Waals surface area contributed by atoms with Gasteiger partial charge in [0.05, 0.1) is 22.7 Å². The normalized spacial score (nSPS) is 12.9. The first kappa shape index (κ1) is 24.7. The van der Waals surface area contributed by atoms with Crippen molar-refractivity contribution in [1.82, 2.24) is 4.98 Å². The fraction of sp³-hybridized carbons (Fsp3) is 0.179. The Morgan fingerprint density at radius 1 is 1.05 bits per heavy atom. The summed E-state index contributed by atoms with van der Waals surface area (Å²) in [5, 5.41) is 5.70. The highest BCUT2D eigenvalue weighted by molar-refractivity contribution is 7.09. The van der Waals surface area contributed by atoms with E-state index in [4.69, 9.17) is 0 Å². The van der Waals surface area contributed by atoms with Gasteiger partial charge in [0.15, 0.2) is 0 Å². The molecule has 188 valence electrons. The Bertz CT molecular complexity index is 1480. The molecule has 3 aromatic carbocycles. The molecule has 1 aliphatic heterocycles. The van der Waals surface area contributed by atoms with Crippen molar-refractivity contribution in [2.45, 2.75) is 25.9 Å². The number of rotatable bonds is 5. The minimum absolute atomic E-state index is 0.0219. The number of nitrogens with zero attached hydrogens (tertiary/aromatic N) is 2. The van der Waals surface area contributed by atoms with Crippen molar-refractivity contribution in [3.05, 3.63) is 99.5 Å². The van der Waals surface area contributed by atoms with E-state index in [0.717, 1.165) is 34.1 Å². The molecule has 0 spiro atoms. The average molecular weight is 522 g/mol. The maximum atomic E-state index is 13.2. The molecule has 0 bridgehead atoms. The molecule has 4 aromatic rings. The molecular formula is C28H22F3N3O2S. The Labute approximate surface area is 215 Å². The fourth-order valence-corrected chi connectivity index (χ4v) is 5.06. The number of alkyl halides is 3. The summed E-state index contributed by atoms with van der Waals surface area (Å²) in [5.74, 6) is -0.397. The van der Waals surface area contributed by atoms with E-state index in [2.05, 4.69) is 10.3 Å². The molecule has 1 aliphatic rings. The van der Waals surface area contributed by atoms with Gasteiger partial charge in [-0.15, -0.1) is 11.3 Å². The number of aryl methyl sites for hydroxylation is 1. The zero-order chi connectivity index (χ0) is 26.2. The van der Waals surface area contributed by atoms with Crippen LogP contribution in [0.25, 0.3) is 11.1 Å². The lowest BCUT2D eigenvalue weighted by Crippen LogP contribution is -2.30. The zero-order valence-electron chi connectivity index (χ0n) is 19.8. The molecule has 2 amide bonds. The molecule has 9 heteroatoms.